The molecular formula is C18H18F2N4O2. The van der Waals surface area contributed by atoms with E-state index in [2.05, 4.69) is 19.6 Å². The van der Waals surface area contributed by atoms with Crippen LogP contribution >= 0.6 is 0 Å². The number of hydrogen-bond acceptors (Lipinski definition) is 4. The predicted molar refractivity (Wildman–Crippen MR) is 90.2 cm³/mol. The first-order valence-electron chi connectivity index (χ1n) is 8.29. The lowest BCUT2D eigenvalue weighted by atomic mass is 10.1. The normalized spacial score (nSPS) is 13.8. The Morgan fingerprint density at radius 2 is 1.81 bits per heavy atom. The number of piperidine rings is 1. The van der Waals surface area contributed by atoms with Gasteiger partial charge >= 0.3 is 0 Å². The van der Waals surface area contributed by atoms with E-state index in [1.165, 1.54) is 37.2 Å². The number of halogens is 2. The summed E-state index contributed by atoms with van der Waals surface area (Å²) in [5, 5.41) is 3.52. The lowest BCUT2D eigenvalue weighted by Crippen LogP contribution is -2.35. The summed E-state index contributed by atoms with van der Waals surface area (Å²) in [5.74, 6) is -0.265. The second-order valence-electron chi connectivity index (χ2n) is 5.85. The van der Waals surface area contributed by atoms with Gasteiger partial charge in [-0.1, -0.05) is 5.16 Å². The fraction of sp³-hybridized carbons (Fsp3) is 0.278. The molecule has 0 atom stereocenters. The molecule has 1 aromatic carbocycles. The van der Waals surface area contributed by atoms with Crippen LogP contribution in [0.15, 0.2) is 47.4 Å². The number of benzene rings is 1. The Morgan fingerprint density at radius 1 is 1.08 bits per heavy atom. The summed E-state index contributed by atoms with van der Waals surface area (Å²) in [6.07, 6.45) is 5.77. The Balaban J connectivity index is 0.000000158. The van der Waals surface area contributed by atoms with Crippen LogP contribution in [0, 0.1) is 11.6 Å². The van der Waals surface area contributed by atoms with Crippen molar-refractivity contribution in [2.75, 3.05) is 13.1 Å². The maximum absolute atomic E-state index is 12.7. The van der Waals surface area contributed by atoms with Crippen molar-refractivity contribution in [2.24, 2.45) is 0 Å². The minimum atomic E-state index is -0.343. The van der Waals surface area contributed by atoms with Crippen LogP contribution in [-0.4, -0.2) is 39.0 Å². The van der Waals surface area contributed by atoms with E-state index in [0.717, 1.165) is 25.9 Å². The number of nitrogens with one attached hydrogen (secondary N) is 1. The first-order valence-corrected chi connectivity index (χ1v) is 8.29. The van der Waals surface area contributed by atoms with Crippen LogP contribution in [0.1, 0.15) is 29.6 Å². The number of nitrogens with zero attached hydrogens (tertiary/aromatic N) is 3. The molecule has 26 heavy (non-hydrogen) atoms. The number of aromatic nitrogens is 3. The van der Waals surface area contributed by atoms with Gasteiger partial charge in [0.2, 0.25) is 12.2 Å². The van der Waals surface area contributed by atoms with Crippen LogP contribution in [-0.2, 0) is 0 Å². The van der Waals surface area contributed by atoms with Gasteiger partial charge in [0.05, 0.1) is 5.69 Å². The van der Waals surface area contributed by atoms with Gasteiger partial charge in [0.1, 0.15) is 11.6 Å². The molecule has 1 saturated heterocycles. The van der Waals surface area contributed by atoms with Gasteiger partial charge < -0.3 is 14.4 Å². The quantitative estimate of drug-likeness (QED) is 0.757. The summed E-state index contributed by atoms with van der Waals surface area (Å²) in [4.78, 5) is 20.1. The van der Waals surface area contributed by atoms with Gasteiger partial charge in [-0.25, -0.2) is 8.78 Å². The summed E-state index contributed by atoms with van der Waals surface area (Å²) >= 11 is 0. The Hall–Kier alpha value is -3.03. The molecule has 0 bridgehead atoms. The molecule has 0 spiro atoms. The highest BCUT2D eigenvalue weighted by Crippen LogP contribution is 2.14. The van der Waals surface area contributed by atoms with E-state index in [4.69, 9.17) is 0 Å². The molecule has 1 aliphatic rings. The van der Waals surface area contributed by atoms with Crippen LogP contribution in [0.4, 0.5) is 8.78 Å². The van der Waals surface area contributed by atoms with E-state index in [1.807, 2.05) is 4.90 Å². The molecule has 6 nitrogen and oxygen atoms in total. The zero-order chi connectivity index (χ0) is 18.4. The van der Waals surface area contributed by atoms with Crippen molar-refractivity contribution in [3.63, 3.8) is 0 Å². The van der Waals surface area contributed by atoms with Crippen molar-refractivity contribution in [3.05, 3.63) is 60.1 Å². The number of carbonyl (C=O) groups excluding carboxylic acids is 1. The van der Waals surface area contributed by atoms with Crippen LogP contribution in [0.25, 0.3) is 11.5 Å². The predicted octanol–water partition coefficient (Wildman–Crippen LogP) is 3.66. The molecule has 1 aliphatic heterocycles. The molecule has 0 unspecified atom stereocenters. The van der Waals surface area contributed by atoms with E-state index in [9.17, 15) is 13.6 Å². The molecule has 8 heteroatoms. The number of carbonyl (C=O) groups is 1. The van der Waals surface area contributed by atoms with Crippen molar-refractivity contribution >= 4 is 5.91 Å². The van der Waals surface area contributed by atoms with Crippen LogP contribution < -0.4 is 0 Å². The summed E-state index contributed by atoms with van der Waals surface area (Å²) in [7, 11) is 0. The molecule has 3 aromatic rings. The van der Waals surface area contributed by atoms with Gasteiger partial charge in [-0.05, 0) is 43.5 Å². The number of amides is 1. The first-order chi connectivity index (χ1) is 12.6. The molecule has 4 rings (SSSR count). The third-order valence-electron chi connectivity index (χ3n) is 3.98. The van der Waals surface area contributed by atoms with Crippen molar-refractivity contribution < 1.29 is 18.1 Å². The third kappa shape index (κ3) is 4.53. The van der Waals surface area contributed by atoms with Gasteiger partial charge in [-0.15, -0.1) is 0 Å². The number of hydrogen-bond donors (Lipinski definition) is 1. The second kappa shape index (κ2) is 8.37. The van der Waals surface area contributed by atoms with E-state index in [-0.39, 0.29) is 17.5 Å². The SMILES string of the molecule is Fc1c[nH]c(-c2ncon2)c1.O=C(c1ccc(F)cc1)N1CCCCC1. The summed E-state index contributed by atoms with van der Waals surface area (Å²) in [5.41, 5.74) is 1.09. The van der Waals surface area contributed by atoms with Gasteiger partial charge in [-0.2, -0.15) is 4.98 Å². The lowest BCUT2D eigenvalue weighted by Gasteiger charge is -2.26. The molecular weight excluding hydrogens is 342 g/mol. The number of H-pyrrole nitrogens is 1. The Kier molecular flexibility index (Phi) is 5.73. The maximum atomic E-state index is 12.7. The molecule has 0 aliphatic carbocycles. The smallest absolute Gasteiger partial charge is 0.253 e. The Morgan fingerprint density at radius 3 is 2.38 bits per heavy atom. The van der Waals surface area contributed by atoms with Gasteiger partial charge in [-0.3, -0.25) is 4.79 Å². The third-order valence-corrected chi connectivity index (χ3v) is 3.98. The zero-order valence-electron chi connectivity index (χ0n) is 14.0. The van der Waals surface area contributed by atoms with E-state index < -0.39 is 0 Å². The number of likely N-dealkylation sites (tertiary alicyclic amines) is 1. The van der Waals surface area contributed by atoms with Crippen LogP contribution in [0.2, 0.25) is 0 Å². The maximum Gasteiger partial charge on any atom is 0.253 e. The van der Waals surface area contributed by atoms with E-state index >= 15 is 0 Å². The summed E-state index contributed by atoms with van der Waals surface area (Å²) in [6.45, 7) is 1.66. The Labute approximate surface area is 148 Å². The van der Waals surface area contributed by atoms with E-state index in [1.54, 1.807) is 12.1 Å². The largest absolute Gasteiger partial charge is 0.356 e. The van der Waals surface area contributed by atoms with Crippen molar-refractivity contribution in [1.29, 1.82) is 0 Å². The monoisotopic (exact) mass is 360 g/mol. The number of aromatic amines is 1. The second-order valence-corrected chi connectivity index (χ2v) is 5.85. The lowest BCUT2D eigenvalue weighted by molar-refractivity contribution is 0.0724. The molecule has 1 fully saturated rings. The fourth-order valence-corrected chi connectivity index (χ4v) is 2.66. The van der Waals surface area contributed by atoms with E-state index in [0.29, 0.717) is 17.1 Å². The van der Waals surface area contributed by atoms with Crippen LogP contribution in [0.5, 0.6) is 0 Å². The standard InChI is InChI=1S/C12H14FNO.C6H4FN3O/c13-11-6-4-10(5-7-11)12(15)14-8-2-1-3-9-14;7-4-1-5(8-2-4)6-9-3-11-10-6/h4-7H,1-3,8-9H2;1-3,8H. The average molecular weight is 360 g/mol. The van der Waals surface area contributed by atoms with Gasteiger partial charge in [0, 0.05) is 30.9 Å². The number of rotatable bonds is 2. The van der Waals surface area contributed by atoms with Gasteiger partial charge in [0.25, 0.3) is 5.91 Å². The molecule has 2 aromatic heterocycles. The zero-order valence-corrected chi connectivity index (χ0v) is 14.0. The minimum Gasteiger partial charge on any atom is -0.356 e. The molecule has 0 radical (unpaired) electrons. The highest BCUT2D eigenvalue weighted by Gasteiger charge is 2.17. The Bertz CT molecular complexity index is 825. The minimum absolute atomic E-state index is 0.0229. The van der Waals surface area contributed by atoms with Gasteiger partial charge in [0.15, 0.2) is 0 Å². The first kappa shape index (κ1) is 17.8. The summed E-state index contributed by atoms with van der Waals surface area (Å²) < 4.78 is 29.5. The average Bonchev–Trinajstić information content (AvgIpc) is 3.34. The van der Waals surface area contributed by atoms with Crippen LogP contribution in [0.3, 0.4) is 0 Å². The molecule has 136 valence electrons. The highest BCUT2D eigenvalue weighted by molar-refractivity contribution is 5.94. The van der Waals surface area contributed by atoms with Crippen molar-refractivity contribution in [1.82, 2.24) is 20.0 Å². The topological polar surface area (TPSA) is 75.0 Å². The highest BCUT2D eigenvalue weighted by atomic mass is 19.1. The van der Waals surface area contributed by atoms with Crippen molar-refractivity contribution in [2.45, 2.75) is 19.3 Å². The molecule has 1 amide bonds. The summed E-state index contributed by atoms with van der Waals surface area (Å²) in [6, 6.07) is 7.05. The molecule has 0 saturated carbocycles. The van der Waals surface area contributed by atoms with Crippen molar-refractivity contribution in [3.8, 4) is 11.5 Å². The fourth-order valence-electron chi connectivity index (χ4n) is 2.66. The molecule has 3 heterocycles. The molecule has 1 N–H and O–H groups in total.